The fourth-order valence-electron chi connectivity index (χ4n) is 3.48. The van der Waals surface area contributed by atoms with E-state index in [1.54, 1.807) is 6.08 Å². The number of hydrogen-bond donors (Lipinski definition) is 1. The molecule has 0 atom stereocenters. The Kier molecular flexibility index (Phi) is 6.12. The second kappa shape index (κ2) is 8.61. The largest absolute Gasteiger partial charge is 0.321 e. The smallest absolute Gasteiger partial charge is 0.266 e. The van der Waals surface area contributed by atoms with Crippen LogP contribution >= 0.6 is 0 Å². The Morgan fingerprint density at radius 2 is 1.68 bits per heavy atom. The number of anilines is 1. The maximum atomic E-state index is 13.1. The van der Waals surface area contributed by atoms with Crippen molar-refractivity contribution < 1.29 is 9.18 Å². The number of carbonyl (C=O) groups excluding carboxylic acids is 1. The highest BCUT2D eigenvalue weighted by molar-refractivity contribution is 6.09. The van der Waals surface area contributed by atoms with Crippen molar-refractivity contribution >= 4 is 17.7 Å². The van der Waals surface area contributed by atoms with Gasteiger partial charge in [-0.15, -0.1) is 0 Å². The van der Waals surface area contributed by atoms with E-state index in [9.17, 15) is 14.4 Å². The van der Waals surface area contributed by atoms with Crippen molar-refractivity contribution in [2.45, 2.75) is 40.0 Å². The fraction of sp³-hybridized carbons (Fsp3) is 0.231. The highest BCUT2D eigenvalue weighted by atomic mass is 19.1. The minimum atomic E-state index is -0.534. The molecule has 0 spiro atoms. The summed E-state index contributed by atoms with van der Waals surface area (Å²) in [6, 6.07) is 17.8. The molecular weight excluding hydrogens is 389 g/mol. The second-order valence-electron chi connectivity index (χ2n) is 8.59. The van der Waals surface area contributed by atoms with E-state index < -0.39 is 11.7 Å². The molecule has 3 rings (SSSR count). The summed E-state index contributed by atoms with van der Waals surface area (Å²) >= 11 is 0. The van der Waals surface area contributed by atoms with Crippen molar-refractivity contribution in [2.24, 2.45) is 0 Å². The standard InChI is InChI=1S/C26H26FN3O/c1-17-14-19(15-20(16-28)25(31)29-23-10-8-22(27)9-11-23)18(2)30(17)24-12-6-21(7-13-24)26(3,4)5/h6-15H,1-5H3,(H,29,31)/b20-15-. The average Bonchev–Trinajstić information content (AvgIpc) is 3.00. The lowest BCUT2D eigenvalue weighted by Gasteiger charge is -2.20. The molecule has 5 heteroatoms. The molecule has 1 amide bonds. The number of nitrogens with one attached hydrogen (secondary N) is 1. The lowest BCUT2D eigenvalue weighted by molar-refractivity contribution is -0.112. The van der Waals surface area contributed by atoms with Gasteiger partial charge in [0.25, 0.3) is 5.91 Å². The van der Waals surface area contributed by atoms with Crippen LogP contribution in [0.1, 0.15) is 43.3 Å². The summed E-state index contributed by atoms with van der Waals surface area (Å²) in [5.41, 5.74) is 5.49. The van der Waals surface area contributed by atoms with E-state index in [1.807, 2.05) is 26.0 Å². The molecule has 4 nitrogen and oxygen atoms in total. The summed E-state index contributed by atoms with van der Waals surface area (Å²) in [6.45, 7) is 10.5. The van der Waals surface area contributed by atoms with Crippen LogP contribution in [0.25, 0.3) is 11.8 Å². The summed E-state index contributed by atoms with van der Waals surface area (Å²) in [6.07, 6.45) is 1.58. The van der Waals surface area contributed by atoms with Crippen molar-refractivity contribution in [3.05, 3.63) is 88.5 Å². The molecule has 0 fully saturated rings. The summed E-state index contributed by atoms with van der Waals surface area (Å²) in [4.78, 5) is 12.5. The minimum Gasteiger partial charge on any atom is -0.321 e. The highest BCUT2D eigenvalue weighted by Gasteiger charge is 2.16. The third kappa shape index (κ3) is 4.92. The monoisotopic (exact) mass is 415 g/mol. The number of hydrogen-bond acceptors (Lipinski definition) is 2. The van der Waals surface area contributed by atoms with Crippen LogP contribution in [-0.2, 0) is 10.2 Å². The van der Waals surface area contributed by atoms with Crippen molar-refractivity contribution in [3.63, 3.8) is 0 Å². The van der Waals surface area contributed by atoms with Gasteiger partial charge < -0.3 is 9.88 Å². The number of amides is 1. The molecule has 0 radical (unpaired) electrons. The van der Waals surface area contributed by atoms with Crippen molar-refractivity contribution in [1.82, 2.24) is 4.57 Å². The third-order valence-electron chi connectivity index (χ3n) is 5.23. The van der Waals surface area contributed by atoms with Gasteiger partial charge >= 0.3 is 0 Å². The fourth-order valence-corrected chi connectivity index (χ4v) is 3.48. The molecule has 1 heterocycles. The van der Waals surface area contributed by atoms with Gasteiger partial charge in [0.2, 0.25) is 0 Å². The lowest BCUT2D eigenvalue weighted by Crippen LogP contribution is -2.13. The van der Waals surface area contributed by atoms with Crippen molar-refractivity contribution in [3.8, 4) is 11.8 Å². The summed E-state index contributed by atoms with van der Waals surface area (Å²) in [7, 11) is 0. The molecule has 2 aromatic carbocycles. The van der Waals surface area contributed by atoms with Crippen LogP contribution in [0, 0.1) is 31.0 Å². The van der Waals surface area contributed by atoms with Crippen LogP contribution < -0.4 is 5.32 Å². The Morgan fingerprint density at radius 1 is 1.06 bits per heavy atom. The van der Waals surface area contributed by atoms with Gasteiger partial charge in [0.15, 0.2) is 0 Å². The highest BCUT2D eigenvalue weighted by Crippen LogP contribution is 2.26. The van der Waals surface area contributed by atoms with E-state index in [-0.39, 0.29) is 11.0 Å². The molecule has 0 saturated heterocycles. The van der Waals surface area contributed by atoms with E-state index >= 15 is 0 Å². The number of halogens is 1. The van der Waals surface area contributed by atoms with Crippen LogP contribution in [0.5, 0.6) is 0 Å². The first kappa shape index (κ1) is 22.0. The van der Waals surface area contributed by atoms with Gasteiger partial charge in [-0.05, 0) is 78.9 Å². The van der Waals surface area contributed by atoms with Crippen LogP contribution in [-0.4, -0.2) is 10.5 Å². The molecule has 0 aliphatic rings. The van der Waals surface area contributed by atoms with E-state index in [0.717, 1.165) is 22.6 Å². The molecule has 1 N–H and O–H groups in total. The van der Waals surface area contributed by atoms with Crippen LogP contribution in [0.4, 0.5) is 10.1 Å². The van der Waals surface area contributed by atoms with E-state index in [4.69, 9.17) is 0 Å². The number of aryl methyl sites for hydroxylation is 1. The van der Waals surface area contributed by atoms with Gasteiger partial charge in [-0.25, -0.2) is 4.39 Å². The topological polar surface area (TPSA) is 57.8 Å². The first-order valence-electron chi connectivity index (χ1n) is 10.1. The summed E-state index contributed by atoms with van der Waals surface area (Å²) in [5.74, 6) is -0.925. The lowest BCUT2D eigenvalue weighted by atomic mass is 9.87. The second-order valence-corrected chi connectivity index (χ2v) is 8.59. The van der Waals surface area contributed by atoms with Gasteiger partial charge in [-0.2, -0.15) is 5.26 Å². The third-order valence-corrected chi connectivity index (χ3v) is 5.23. The zero-order valence-corrected chi connectivity index (χ0v) is 18.5. The van der Waals surface area contributed by atoms with E-state index in [1.165, 1.54) is 29.8 Å². The SMILES string of the molecule is Cc1cc(/C=C(/C#N)C(=O)Nc2ccc(F)cc2)c(C)n1-c1ccc(C(C)(C)C)cc1. The van der Waals surface area contributed by atoms with Gasteiger partial charge in [0.05, 0.1) is 0 Å². The Bertz CT molecular complexity index is 1170. The van der Waals surface area contributed by atoms with Crippen LogP contribution in [0.3, 0.4) is 0 Å². The van der Waals surface area contributed by atoms with Gasteiger partial charge in [0.1, 0.15) is 17.5 Å². The zero-order valence-electron chi connectivity index (χ0n) is 18.5. The molecule has 3 aromatic rings. The maximum absolute atomic E-state index is 13.1. The molecular formula is C26H26FN3O. The Labute approximate surface area is 182 Å². The summed E-state index contributed by atoms with van der Waals surface area (Å²) < 4.78 is 15.2. The first-order valence-corrected chi connectivity index (χ1v) is 10.1. The van der Waals surface area contributed by atoms with E-state index in [0.29, 0.717) is 5.69 Å². The number of nitriles is 1. The number of rotatable bonds is 4. The molecule has 1 aromatic heterocycles. The van der Waals surface area contributed by atoms with Gasteiger partial charge in [-0.1, -0.05) is 32.9 Å². The van der Waals surface area contributed by atoms with E-state index in [2.05, 4.69) is 54.9 Å². The maximum Gasteiger partial charge on any atom is 0.266 e. The Hall–Kier alpha value is -3.65. The summed E-state index contributed by atoms with van der Waals surface area (Å²) in [5, 5.41) is 12.2. The minimum absolute atomic E-state index is 0.0207. The quantitative estimate of drug-likeness (QED) is 0.415. The van der Waals surface area contributed by atoms with Crippen LogP contribution in [0.2, 0.25) is 0 Å². The number of aromatic nitrogens is 1. The molecule has 0 aliphatic carbocycles. The Morgan fingerprint density at radius 3 is 2.23 bits per heavy atom. The van der Waals surface area contributed by atoms with Crippen molar-refractivity contribution in [1.29, 1.82) is 5.26 Å². The predicted octanol–water partition coefficient (Wildman–Crippen LogP) is 6.08. The van der Waals surface area contributed by atoms with Gasteiger partial charge in [-0.3, -0.25) is 4.79 Å². The molecule has 0 bridgehead atoms. The normalized spacial score (nSPS) is 11.8. The molecule has 0 unspecified atom stereocenters. The molecule has 0 aliphatic heterocycles. The van der Waals surface area contributed by atoms with Gasteiger partial charge in [0, 0.05) is 22.8 Å². The first-order chi connectivity index (χ1) is 14.6. The zero-order chi connectivity index (χ0) is 22.8. The van der Waals surface area contributed by atoms with Crippen LogP contribution in [0.15, 0.2) is 60.2 Å². The molecule has 0 saturated carbocycles. The Balaban J connectivity index is 1.91. The molecule has 158 valence electrons. The predicted molar refractivity (Wildman–Crippen MR) is 123 cm³/mol. The van der Waals surface area contributed by atoms with Crippen molar-refractivity contribution in [2.75, 3.05) is 5.32 Å². The number of benzene rings is 2. The average molecular weight is 416 g/mol. The number of nitrogens with zero attached hydrogens (tertiary/aromatic N) is 2. The molecule has 31 heavy (non-hydrogen) atoms. The number of carbonyl (C=O) groups is 1.